The molecule has 0 amide bonds. The zero-order valence-corrected chi connectivity index (χ0v) is 13.4. The summed E-state index contributed by atoms with van der Waals surface area (Å²) >= 11 is 0. The third kappa shape index (κ3) is 3.79. The van der Waals surface area contributed by atoms with Gasteiger partial charge < -0.3 is 9.84 Å². The lowest BCUT2D eigenvalue weighted by atomic mass is 9.80. The second-order valence-electron chi connectivity index (χ2n) is 6.26. The van der Waals surface area contributed by atoms with E-state index in [0.29, 0.717) is 24.7 Å². The topological polar surface area (TPSA) is 46.5 Å². The first-order chi connectivity index (χ1) is 10.6. The molecule has 1 aromatic carbocycles. The zero-order chi connectivity index (χ0) is 16.1. The van der Waals surface area contributed by atoms with Crippen molar-refractivity contribution < 1.29 is 19.0 Å². The maximum Gasteiger partial charge on any atom is 0.166 e. The van der Waals surface area contributed by atoms with Crippen molar-refractivity contribution in [2.24, 2.45) is 11.8 Å². The number of alkyl halides is 1. The number of Topliss-reactive ketones (excluding diaryl/α,β-unsaturated/α-hetero) is 1. The van der Waals surface area contributed by atoms with Gasteiger partial charge in [0.15, 0.2) is 5.78 Å². The van der Waals surface area contributed by atoms with Gasteiger partial charge in [0.1, 0.15) is 18.2 Å². The maximum atomic E-state index is 13.2. The smallest absolute Gasteiger partial charge is 0.166 e. The van der Waals surface area contributed by atoms with Crippen LogP contribution in [0.15, 0.2) is 12.1 Å². The number of phenols is 1. The number of ketones is 1. The lowest BCUT2D eigenvalue weighted by Crippen LogP contribution is -2.16. The summed E-state index contributed by atoms with van der Waals surface area (Å²) in [7, 11) is 0. The normalized spacial score (nSPS) is 21.6. The fourth-order valence-corrected chi connectivity index (χ4v) is 3.17. The molecule has 0 unspecified atom stereocenters. The van der Waals surface area contributed by atoms with Gasteiger partial charge in [0, 0.05) is 6.42 Å². The van der Waals surface area contributed by atoms with Gasteiger partial charge in [-0.3, -0.25) is 4.79 Å². The van der Waals surface area contributed by atoms with Crippen LogP contribution in [0.2, 0.25) is 0 Å². The molecule has 1 N–H and O–H groups in total. The Morgan fingerprint density at radius 1 is 1.32 bits per heavy atom. The van der Waals surface area contributed by atoms with Crippen LogP contribution in [-0.4, -0.2) is 17.5 Å². The highest BCUT2D eigenvalue weighted by Crippen LogP contribution is 2.35. The molecule has 3 nitrogen and oxygen atoms in total. The highest BCUT2D eigenvalue weighted by atomic mass is 19.1. The predicted octanol–water partition coefficient (Wildman–Crippen LogP) is 4.66. The molecule has 0 bridgehead atoms. The lowest BCUT2D eigenvalue weighted by molar-refractivity contribution is 0.0941. The van der Waals surface area contributed by atoms with E-state index in [0.717, 1.165) is 31.6 Å². The summed E-state index contributed by atoms with van der Waals surface area (Å²) in [5, 5.41) is 10.2. The van der Waals surface area contributed by atoms with Crippen LogP contribution in [0, 0.1) is 11.8 Å². The van der Waals surface area contributed by atoms with Gasteiger partial charge in [-0.25, -0.2) is 4.39 Å². The Kier molecular flexibility index (Phi) is 5.81. The van der Waals surface area contributed by atoms with Crippen LogP contribution in [0.4, 0.5) is 4.39 Å². The summed E-state index contributed by atoms with van der Waals surface area (Å²) in [6.07, 6.45) is 4.85. The summed E-state index contributed by atoms with van der Waals surface area (Å²) in [6, 6.07) is 3.13. The maximum absolute atomic E-state index is 13.2. The monoisotopic (exact) mass is 308 g/mol. The van der Waals surface area contributed by atoms with Crippen molar-refractivity contribution in [3.63, 3.8) is 0 Å². The first-order valence-corrected chi connectivity index (χ1v) is 8.13. The Morgan fingerprint density at radius 2 is 2.00 bits per heavy atom. The van der Waals surface area contributed by atoms with E-state index in [4.69, 9.17) is 4.74 Å². The van der Waals surface area contributed by atoms with Gasteiger partial charge in [0.05, 0.1) is 17.7 Å². The highest BCUT2D eigenvalue weighted by molar-refractivity contribution is 5.99. The fraction of sp³-hybridized carbons (Fsp3) is 0.611. The van der Waals surface area contributed by atoms with Crippen LogP contribution in [0.3, 0.4) is 0 Å². The van der Waals surface area contributed by atoms with Crippen molar-refractivity contribution in [3.8, 4) is 11.5 Å². The van der Waals surface area contributed by atoms with Crippen molar-refractivity contribution in [2.75, 3.05) is 6.61 Å². The highest BCUT2D eigenvalue weighted by Gasteiger charge is 2.24. The van der Waals surface area contributed by atoms with Crippen molar-refractivity contribution in [1.82, 2.24) is 0 Å². The molecule has 4 heteroatoms. The summed E-state index contributed by atoms with van der Waals surface area (Å²) < 4.78 is 18.5. The van der Waals surface area contributed by atoms with E-state index in [1.807, 2.05) is 0 Å². The van der Waals surface area contributed by atoms with Crippen LogP contribution in [-0.2, 0) is 6.67 Å². The van der Waals surface area contributed by atoms with Gasteiger partial charge in [-0.05, 0) is 43.7 Å². The molecule has 0 spiro atoms. The van der Waals surface area contributed by atoms with Crippen molar-refractivity contribution >= 4 is 5.78 Å². The average molecular weight is 308 g/mol. The Balaban J connectivity index is 2.12. The Hall–Kier alpha value is -1.58. The molecule has 0 radical (unpaired) electrons. The predicted molar refractivity (Wildman–Crippen MR) is 84.2 cm³/mol. The van der Waals surface area contributed by atoms with Crippen molar-refractivity contribution in [1.29, 1.82) is 0 Å². The van der Waals surface area contributed by atoms with E-state index in [1.54, 1.807) is 19.1 Å². The van der Waals surface area contributed by atoms with E-state index in [1.165, 1.54) is 0 Å². The lowest BCUT2D eigenvalue weighted by Gasteiger charge is -2.25. The third-order valence-electron chi connectivity index (χ3n) is 4.58. The van der Waals surface area contributed by atoms with Gasteiger partial charge >= 0.3 is 0 Å². The molecule has 0 aromatic heterocycles. The first kappa shape index (κ1) is 16.8. The molecule has 1 fully saturated rings. The largest absolute Gasteiger partial charge is 0.507 e. The number of rotatable bonds is 6. The summed E-state index contributed by atoms with van der Waals surface area (Å²) in [4.78, 5) is 12.4. The molecule has 0 atom stereocenters. The van der Waals surface area contributed by atoms with Crippen LogP contribution in [0.25, 0.3) is 0 Å². The summed E-state index contributed by atoms with van der Waals surface area (Å²) in [5.74, 6) is 1.06. The fourth-order valence-electron chi connectivity index (χ4n) is 3.17. The van der Waals surface area contributed by atoms with E-state index in [2.05, 4.69) is 6.92 Å². The second kappa shape index (κ2) is 7.61. The zero-order valence-electron chi connectivity index (χ0n) is 13.4. The molecule has 1 aromatic rings. The molecule has 1 aliphatic carbocycles. The van der Waals surface area contributed by atoms with Gasteiger partial charge in [-0.1, -0.05) is 19.8 Å². The number of ether oxygens (including phenoxy) is 1. The number of carbonyl (C=O) groups excluding carboxylic acids is 1. The van der Waals surface area contributed by atoms with Crippen LogP contribution in [0.1, 0.15) is 61.9 Å². The van der Waals surface area contributed by atoms with Gasteiger partial charge in [0.2, 0.25) is 0 Å². The number of hydrogen-bond donors (Lipinski definition) is 1. The van der Waals surface area contributed by atoms with E-state index >= 15 is 0 Å². The Morgan fingerprint density at radius 3 is 2.59 bits per heavy atom. The molecule has 0 heterocycles. The van der Waals surface area contributed by atoms with E-state index in [-0.39, 0.29) is 22.7 Å². The minimum atomic E-state index is -0.844. The van der Waals surface area contributed by atoms with Gasteiger partial charge in [-0.15, -0.1) is 0 Å². The van der Waals surface area contributed by atoms with E-state index in [9.17, 15) is 14.3 Å². The number of phenolic OH excluding ortho intramolecular Hbond substituents is 1. The quantitative estimate of drug-likeness (QED) is 0.777. The number of carbonyl (C=O) groups is 1. The second-order valence-corrected chi connectivity index (χ2v) is 6.26. The molecule has 22 heavy (non-hydrogen) atoms. The third-order valence-corrected chi connectivity index (χ3v) is 4.58. The minimum Gasteiger partial charge on any atom is -0.507 e. The number of halogens is 1. The average Bonchev–Trinajstić information content (AvgIpc) is 2.50. The SMILES string of the molecule is CCOc1ccc(C(=O)CC2CCC(C)CC2)c(O)c1CF. The first-order valence-electron chi connectivity index (χ1n) is 8.13. The van der Waals surface area contributed by atoms with Crippen molar-refractivity contribution in [3.05, 3.63) is 23.3 Å². The standard InChI is InChI=1S/C18H25FO3/c1-3-22-17-9-8-14(18(21)15(17)11-19)16(20)10-13-6-4-12(2)5-7-13/h8-9,12-13,21H,3-7,10-11H2,1-2H3. The Bertz CT molecular complexity index is 519. The van der Waals surface area contributed by atoms with Gasteiger partial charge in [-0.2, -0.15) is 0 Å². The minimum absolute atomic E-state index is 0.0740. The van der Waals surface area contributed by atoms with Crippen molar-refractivity contribution in [2.45, 2.75) is 52.6 Å². The molecule has 122 valence electrons. The number of benzene rings is 1. The van der Waals surface area contributed by atoms with Crippen LogP contribution >= 0.6 is 0 Å². The molecule has 2 rings (SSSR count). The molecule has 1 saturated carbocycles. The van der Waals surface area contributed by atoms with Crippen LogP contribution < -0.4 is 4.74 Å². The molecular formula is C18H25FO3. The molecule has 0 saturated heterocycles. The van der Waals surface area contributed by atoms with Gasteiger partial charge in [0.25, 0.3) is 0 Å². The van der Waals surface area contributed by atoms with E-state index < -0.39 is 6.67 Å². The number of aromatic hydroxyl groups is 1. The molecular weight excluding hydrogens is 283 g/mol. The summed E-state index contributed by atoms with van der Waals surface area (Å²) in [5.41, 5.74) is 0.291. The Labute approximate surface area is 131 Å². The van der Waals surface area contributed by atoms with Crippen LogP contribution in [0.5, 0.6) is 11.5 Å². The summed E-state index contributed by atoms with van der Waals surface area (Å²) in [6.45, 7) is 3.58. The molecule has 0 aliphatic heterocycles. The molecule has 1 aliphatic rings. The number of hydrogen-bond acceptors (Lipinski definition) is 3.